The molecular formula is C17H16N2O4. The Labute approximate surface area is 132 Å². The standard InChI is InChI=1S/C17H16N2O4/c20-16(21)14(17(22)23)13(10-5-2-1-3-6-10)11-9-19-12-7-4-8-18-15(11)12/h1-8,11,13-14,19H,9H2,(H,20,21)(H,22,23). The SMILES string of the molecule is O=C(O)C(C(=O)O)C(c1ccccc1)C1CNc2cccnc21. The number of aliphatic carboxylic acids is 2. The summed E-state index contributed by atoms with van der Waals surface area (Å²) in [5.74, 6) is -5.22. The van der Waals surface area contributed by atoms with E-state index >= 15 is 0 Å². The highest BCUT2D eigenvalue weighted by Gasteiger charge is 2.43. The van der Waals surface area contributed by atoms with Crippen LogP contribution >= 0.6 is 0 Å². The normalized spacial score (nSPS) is 17.3. The van der Waals surface area contributed by atoms with Gasteiger partial charge in [0.25, 0.3) is 0 Å². The second kappa shape index (κ2) is 6.08. The van der Waals surface area contributed by atoms with E-state index in [2.05, 4.69) is 10.3 Å². The Bertz CT molecular complexity index is 718. The summed E-state index contributed by atoms with van der Waals surface area (Å²) < 4.78 is 0. The summed E-state index contributed by atoms with van der Waals surface area (Å²) in [6.45, 7) is 0.461. The fourth-order valence-corrected chi connectivity index (χ4v) is 3.22. The zero-order chi connectivity index (χ0) is 16.4. The minimum atomic E-state index is -1.53. The first-order valence-electron chi connectivity index (χ1n) is 7.29. The van der Waals surface area contributed by atoms with Crippen LogP contribution in [0.25, 0.3) is 0 Å². The first-order chi connectivity index (χ1) is 11.1. The molecule has 1 aliphatic heterocycles. The molecule has 3 N–H and O–H groups in total. The molecule has 1 aromatic carbocycles. The lowest BCUT2D eigenvalue weighted by molar-refractivity contribution is -0.156. The maximum absolute atomic E-state index is 11.6. The third-order valence-electron chi connectivity index (χ3n) is 4.21. The highest BCUT2D eigenvalue weighted by atomic mass is 16.4. The van der Waals surface area contributed by atoms with E-state index in [-0.39, 0.29) is 5.92 Å². The van der Waals surface area contributed by atoms with Crippen LogP contribution in [0.1, 0.15) is 23.1 Å². The van der Waals surface area contributed by atoms with Crippen molar-refractivity contribution in [1.82, 2.24) is 4.98 Å². The fourth-order valence-electron chi connectivity index (χ4n) is 3.22. The summed E-state index contributed by atoms with van der Waals surface area (Å²) in [7, 11) is 0. The Morgan fingerprint density at radius 1 is 1.09 bits per heavy atom. The summed E-state index contributed by atoms with van der Waals surface area (Å²) in [6, 6.07) is 12.6. The maximum atomic E-state index is 11.6. The van der Waals surface area contributed by atoms with E-state index in [0.717, 1.165) is 5.69 Å². The van der Waals surface area contributed by atoms with Crippen molar-refractivity contribution in [2.75, 3.05) is 11.9 Å². The number of carboxylic acids is 2. The second-order valence-corrected chi connectivity index (χ2v) is 5.51. The average Bonchev–Trinajstić information content (AvgIpc) is 2.96. The van der Waals surface area contributed by atoms with Crippen molar-refractivity contribution >= 4 is 17.6 Å². The van der Waals surface area contributed by atoms with Gasteiger partial charge in [-0.15, -0.1) is 0 Å². The summed E-state index contributed by atoms with van der Waals surface area (Å²) >= 11 is 0. The lowest BCUT2D eigenvalue weighted by atomic mass is 9.76. The zero-order valence-corrected chi connectivity index (χ0v) is 12.2. The molecule has 2 atom stereocenters. The summed E-state index contributed by atoms with van der Waals surface area (Å²) in [5, 5.41) is 22.1. The van der Waals surface area contributed by atoms with Crippen LogP contribution in [-0.2, 0) is 9.59 Å². The van der Waals surface area contributed by atoms with E-state index in [1.165, 1.54) is 0 Å². The van der Waals surface area contributed by atoms with Gasteiger partial charge in [0.1, 0.15) is 0 Å². The molecule has 3 rings (SSSR count). The van der Waals surface area contributed by atoms with Gasteiger partial charge >= 0.3 is 11.9 Å². The van der Waals surface area contributed by atoms with Crippen LogP contribution in [0, 0.1) is 5.92 Å². The molecule has 0 saturated carbocycles. The summed E-state index contributed by atoms with van der Waals surface area (Å²) in [6.07, 6.45) is 1.64. The van der Waals surface area contributed by atoms with Crippen molar-refractivity contribution in [2.45, 2.75) is 11.8 Å². The monoisotopic (exact) mass is 312 g/mol. The minimum absolute atomic E-state index is 0.314. The smallest absolute Gasteiger partial charge is 0.318 e. The van der Waals surface area contributed by atoms with Gasteiger partial charge in [-0.3, -0.25) is 14.6 Å². The molecule has 2 unspecified atom stereocenters. The number of carboxylic acid groups (broad SMARTS) is 2. The summed E-state index contributed by atoms with van der Waals surface area (Å²) in [4.78, 5) is 27.5. The molecule has 0 amide bonds. The lowest BCUT2D eigenvalue weighted by Gasteiger charge is -2.26. The van der Waals surface area contributed by atoms with Crippen LogP contribution in [0.3, 0.4) is 0 Å². The van der Waals surface area contributed by atoms with Gasteiger partial charge in [0.05, 0.1) is 11.4 Å². The van der Waals surface area contributed by atoms with Gasteiger partial charge < -0.3 is 15.5 Å². The number of rotatable bonds is 5. The number of hydrogen-bond acceptors (Lipinski definition) is 4. The molecule has 23 heavy (non-hydrogen) atoms. The third kappa shape index (κ3) is 2.75. The first kappa shape index (κ1) is 15.0. The number of aromatic nitrogens is 1. The minimum Gasteiger partial charge on any atom is -0.481 e. The van der Waals surface area contributed by atoms with E-state index in [0.29, 0.717) is 17.8 Å². The Morgan fingerprint density at radius 2 is 1.78 bits per heavy atom. The molecule has 1 aromatic heterocycles. The number of benzene rings is 1. The molecule has 0 spiro atoms. The number of fused-ring (bicyclic) bond motifs is 1. The second-order valence-electron chi connectivity index (χ2n) is 5.51. The molecular weight excluding hydrogens is 296 g/mol. The molecule has 2 aromatic rings. The molecule has 1 aliphatic rings. The summed E-state index contributed by atoms with van der Waals surface area (Å²) in [5.41, 5.74) is 2.23. The van der Waals surface area contributed by atoms with Crippen molar-refractivity contribution in [1.29, 1.82) is 0 Å². The van der Waals surface area contributed by atoms with Gasteiger partial charge in [-0.2, -0.15) is 0 Å². The number of pyridine rings is 1. The predicted octanol–water partition coefficient (Wildman–Crippen LogP) is 2.16. The van der Waals surface area contributed by atoms with Crippen molar-refractivity contribution in [3.8, 4) is 0 Å². The number of hydrogen-bond donors (Lipinski definition) is 3. The predicted molar refractivity (Wildman–Crippen MR) is 83.4 cm³/mol. The molecule has 118 valence electrons. The number of anilines is 1. The van der Waals surface area contributed by atoms with Crippen LogP contribution in [0.15, 0.2) is 48.7 Å². The molecule has 6 heteroatoms. The van der Waals surface area contributed by atoms with Gasteiger partial charge in [-0.25, -0.2) is 0 Å². The molecule has 0 saturated heterocycles. The molecule has 0 bridgehead atoms. The van der Waals surface area contributed by atoms with Gasteiger partial charge in [0.15, 0.2) is 5.92 Å². The van der Waals surface area contributed by atoms with Crippen LogP contribution in [0.2, 0.25) is 0 Å². The van der Waals surface area contributed by atoms with E-state index in [9.17, 15) is 19.8 Å². The lowest BCUT2D eigenvalue weighted by Crippen LogP contribution is -2.34. The van der Waals surface area contributed by atoms with Crippen LogP contribution < -0.4 is 5.32 Å². The fraction of sp³-hybridized carbons (Fsp3) is 0.235. The third-order valence-corrected chi connectivity index (χ3v) is 4.21. The quantitative estimate of drug-likeness (QED) is 0.732. The van der Waals surface area contributed by atoms with Gasteiger partial charge in [-0.1, -0.05) is 30.3 Å². The number of carbonyl (C=O) groups is 2. The topological polar surface area (TPSA) is 99.5 Å². The molecule has 2 heterocycles. The molecule has 0 fully saturated rings. The highest BCUT2D eigenvalue weighted by molar-refractivity contribution is 5.94. The Kier molecular flexibility index (Phi) is 3.97. The van der Waals surface area contributed by atoms with E-state index < -0.39 is 23.8 Å². The average molecular weight is 312 g/mol. The van der Waals surface area contributed by atoms with Crippen LogP contribution in [0.5, 0.6) is 0 Å². The van der Waals surface area contributed by atoms with Gasteiger partial charge in [0, 0.05) is 24.6 Å². The van der Waals surface area contributed by atoms with Crippen molar-refractivity contribution in [3.05, 3.63) is 59.9 Å². The highest BCUT2D eigenvalue weighted by Crippen LogP contribution is 2.43. The van der Waals surface area contributed by atoms with Crippen molar-refractivity contribution in [3.63, 3.8) is 0 Å². The van der Waals surface area contributed by atoms with Gasteiger partial charge in [-0.05, 0) is 17.7 Å². The molecule has 0 radical (unpaired) electrons. The van der Waals surface area contributed by atoms with Crippen molar-refractivity contribution < 1.29 is 19.8 Å². The van der Waals surface area contributed by atoms with Crippen molar-refractivity contribution in [2.24, 2.45) is 5.92 Å². The number of nitrogens with zero attached hydrogens (tertiary/aromatic N) is 1. The maximum Gasteiger partial charge on any atom is 0.318 e. The Morgan fingerprint density at radius 3 is 2.43 bits per heavy atom. The van der Waals surface area contributed by atoms with E-state index in [1.807, 2.05) is 12.1 Å². The molecule has 6 nitrogen and oxygen atoms in total. The largest absolute Gasteiger partial charge is 0.481 e. The number of nitrogens with one attached hydrogen (secondary N) is 1. The van der Waals surface area contributed by atoms with E-state index in [1.54, 1.807) is 36.5 Å². The molecule has 0 aliphatic carbocycles. The first-order valence-corrected chi connectivity index (χ1v) is 7.29. The zero-order valence-electron chi connectivity index (χ0n) is 12.2. The Balaban J connectivity index is 2.10. The van der Waals surface area contributed by atoms with Crippen LogP contribution in [0.4, 0.5) is 5.69 Å². The Hall–Kier alpha value is -2.89. The van der Waals surface area contributed by atoms with Crippen LogP contribution in [-0.4, -0.2) is 33.7 Å². The van der Waals surface area contributed by atoms with E-state index in [4.69, 9.17) is 0 Å². The van der Waals surface area contributed by atoms with Gasteiger partial charge in [0.2, 0.25) is 0 Å².